The van der Waals surface area contributed by atoms with Crippen LogP contribution < -0.4 is 178 Å². The number of rotatable bonds is 12. The first-order valence-corrected chi connectivity index (χ1v) is 20.4. The van der Waals surface area contributed by atoms with Gasteiger partial charge in [-0.1, -0.05) is 29.4 Å². The summed E-state index contributed by atoms with van der Waals surface area (Å²) in [4.78, 5) is 17.9. The van der Waals surface area contributed by atoms with Crippen LogP contribution in [0.4, 0.5) is 28.4 Å². The Labute approximate surface area is 460 Å². The molecular formula is C30H16N5Na5O18S4. The van der Waals surface area contributed by atoms with Gasteiger partial charge in [0.2, 0.25) is 0 Å². The molecule has 0 saturated heterocycles. The van der Waals surface area contributed by atoms with Crippen LogP contribution in [0.15, 0.2) is 113 Å². The number of carboxylic acids is 2. The van der Waals surface area contributed by atoms with E-state index in [1.807, 2.05) is 0 Å². The van der Waals surface area contributed by atoms with Crippen LogP contribution in [0.1, 0.15) is 20.7 Å². The number of aromatic carboxylic acids is 2. The number of benzene rings is 5. The van der Waals surface area contributed by atoms with E-state index in [0.29, 0.717) is 42.5 Å². The zero-order chi connectivity index (χ0) is 42.4. The Morgan fingerprint density at radius 2 is 1.03 bits per heavy atom. The molecule has 5 aromatic carbocycles. The van der Waals surface area contributed by atoms with E-state index in [0.717, 1.165) is 30.3 Å². The molecule has 0 aliphatic carbocycles. The average molecular weight is 978 g/mol. The van der Waals surface area contributed by atoms with Gasteiger partial charge in [0.05, 0.1) is 44.5 Å². The van der Waals surface area contributed by atoms with Gasteiger partial charge >= 0.3 is 148 Å². The number of carbonyl (C=O) groups excluding carboxylic acids is 2. The number of carboxylic acid groups (broad SMARTS) is 2. The molecule has 0 aromatic heterocycles. The van der Waals surface area contributed by atoms with E-state index in [4.69, 9.17) is 0 Å². The summed E-state index contributed by atoms with van der Waals surface area (Å²) in [6, 6.07) is 7.76. The number of anilines is 1. The van der Waals surface area contributed by atoms with Crippen molar-refractivity contribution >= 4 is 91.5 Å². The van der Waals surface area contributed by atoms with Crippen LogP contribution in [0.2, 0.25) is 0 Å². The van der Waals surface area contributed by atoms with Crippen molar-refractivity contribution in [3.8, 4) is 17.2 Å². The third-order valence-electron chi connectivity index (χ3n) is 7.35. The molecule has 62 heavy (non-hydrogen) atoms. The maximum atomic E-state index is 13.9. The van der Waals surface area contributed by atoms with Gasteiger partial charge in [0.25, 0.3) is 40.4 Å². The predicted octanol–water partition coefficient (Wildman–Crippen LogP) is -14.8. The summed E-state index contributed by atoms with van der Waals surface area (Å²) in [7, 11) is -21.2. The molecule has 0 amide bonds. The topological polar surface area (TPSA) is 408 Å². The Kier molecular flexibility index (Phi) is 22.6. The molecule has 4 N–H and O–H groups in total. The molecule has 0 heterocycles. The minimum absolute atomic E-state index is 0. The fourth-order valence-corrected chi connectivity index (χ4v) is 7.72. The number of hydrogen-bond acceptors (Lipinski definition) is 19. The molecule has 0 bridgehead atoms. The van der Waals surface area contributed by atoms with Crippen molar-refractivity contribution in [3.63, 3.8) is 0 Å². The minimum atomic E-state index is -5.57. The molecule has 5 aromatic rings. The number of fused-ring (bicyclic) bond motifs is 1. The molecular weight excluding hydrogens is 962 g/mol. The van der Waals surface area contributed by atoms with Crippen molar-refractivity contribution in [1.82, 2.24) is 0 Å². The monoisotopic (exact) mass is 977 g/mol. The second kappa shape index (κ2) is 23.2. The van der Waals surface area contributed by atoms with Crippen LogP contribution in [0.5, 0.6) is 17.2 Å². The largest absolute Gasteiger partial charge is 1.00 e. The Bertz CT molecular complexity index is 3100. The minimum Gasteiger partial charge on any atom is -0.872 e. The quantitative estimate of drug-likeness (QED) is 0.0512. The summed E-state index contributed by atoms with van der Waals surface area (Å²) in [6.07, 6.45) is 0. The zero-order valence-corrected chi connectivity index (χ0v) is 45.6. The van der Waals surface area contributed by atoms with Gasteiger partial charge in [-0.05, 0) is 77.2 Å². The first-order chi connectivity index (χ1) is 26.3. The van der Waals surface area contributed by atoms with Crippen molar-refractivity contribution in [1.29, 1.82) is 0 Å². The van der Waals surface area contributed by atoms with Gasteiger partial charge in [0.15, 0.2) is 0 Å². The number of hydrogen-bond donors (Lipinski definition) is 4. The fraction of sp³-hybridized carbons (Fsp3) is 0. The number of carbonyl (C=O) groups is 2. The molecule has 32 heteroatoms. The molecule has 0 aliphatic rings. The van der Waals surface area contributed by atoms with Crippen LogP contribution in [-0.2, 0) is 40.4 Å². The number of nitrogens with one attached hydrogen (secondary N) is 1. The van der Waals surface area contributed by atoms with Gasteiger partial charge in [-0.25, -0.2) is 8.42 Å². The number of nitrogens with zero attached hydrogens (tertiary/aromatic N) is 4. The molecule has 0 atom stereocenters. The van der Waals surface area contributed by atoms with E-state index in [1.165, 1.54) is 0 Å². The second-order valence-corrected chi connectivity index (χ2v) is 17.0. The first kappa shape index (κ1) is 60.4. The standard InChI is InChI=1S/C30H21N5O18S4.5Na/c36-22-4-1-14(9-18(22)29(39)40)31-32-15-2-6-24(56(48,49)50)20(10-15)33-34-27-25(57(51,52)53)8-13-7-17(55(45,46)47)12-21(26(13)28(27)38)35-54(43,44)16-3-5-23(37)19(11-16)30(41)42;;;;;/h1-12,35-38H,(H,39,40)(H,41,42)(H,45,46,47)(H,48,49,50)(H,51,52,53);;;;;/q;5*+1/p-5. The van der Waals surface area contributed by atoms with E-state index >= 15 is 0 Å². The summed E-state index contributed by atoms with van der Waals surface area (Å²) in [5, 5.41) is 72.7. The van der Waals surface area contributed by atoms with Gasteiger partial charge in [-0.15, -0.1) is 10.2 Å². The van der Waals surface area contributed by atoms with Crippen LogP contribution in [-0.4, -0.2) is 59.3 Å². The van der Waals surface area contributed by atoms with E-state index < -0.39 is 128 Å². The van der Waals surface area contributed by atoms with E-state index in [2.05, 4.69) is 20.5 Å². The smallest absolute Gasteiger partial charge is 0.872 e. The second-order valence-electron chi connectivity index (χ2n) is 11.1. The normalized spacial score (nSPS) is 11.7. The van der Waals surface area contributed by atoms with Gasteiger partial charge in [-0.3, -0.25) is 18.4 Å². The van der Waals surface area contributed by atoms with Crippen molar-refractivity contribution < 1.29 is 230 Å². The third-order valence-corrected chi connectivity index (χ3v) is 11.3. The molecule has 0 saturated carbocycles. The Hall–Kier alpha value is -1.62. The van der Waals surface area contributed by atoms with Crippen LogP contribution in [0, 0.1) is 0 Å². The Balaban J connectivity index is 0.00000744. The SMILES string of the molecule is O=C([O-])c1cc(N=Nc2ccc(S(=O)(=O)O)c(N=Nc3c(S(=O)(=O)O)cc4cc(S(=O)(=O)O)cc(NS(=O)(=O)c5ccc([O-])c(C(=O)[O-])c5)c4c3[O-])c2)ccc1[O-].[Na+].[Na+].[Na+].[Na+].[Na+]. The van der Waals surface area contributed by atoms with Crippen molar-refractivity contribution in [2.45, 2.75) is 19.6 Å². The van der Waals surface area contributed by atoms with Gasteiger partial charge in [0.1, 0.15) is 15.5 Å². The van der Waals surface area contributed by atoms with Crippen molar-refractivity contribution in [2.24, 2.45) is 20.5 Å². The number of azo groups is 2. The summed E-state index contributed by atoms with van der Waals surface area (Å²) in [6.45, 7) is 0. The van der Waals surface area contributed by atoms with E-state index in [9.17, 15) is 82.5 Å². The predicted molar refractivity (Wildman–Crippen MR) is 179 cm³/mol. The Morgan fingerprint density at radius 3 is 1.55 bits per heavy atom. The van der Waals surface area contributed by atoms with Crippen molar-refractivity contribution in [2.75, 3.05) is 4.72 Å². The van der Waals surface area contributed by atoms with E-state index in [1.54, 1.807) is 4.72 Å². The summed E-state index contributed by atoms with van der Waals surface area (Å²) in [5.74, 6) is -7.67. The molecule has 0 unspecified atom stereocenters. The molecule has 23 nitrogen and oxygen atoms in total. The summed E-state index contributed by atoms with van der Waals surface area (Å²) in [5.41, 5.74) is -5.78. The van der Waals surface area contributed by atoms with Crippen molar-refractivity contribution in [3.05, 3.63) is 83.9 Å². The molecule has 0 spiro atoms. The van der Waals surface area contributed by atoms with Gasteiger partial charge in [0, 0.05) is 5.39 Å². The van der Waals surface area contributed by atoms with Crippen LogP contribution in [0.25, 0.3) is 10.8 Å². The molecule has 0 radical (unpaired) electrons. The van der Waals surface area contributed by atoms with Gasteiger partial charge in [-0.2, -0.15) is 35.5 Å². The first-order valence-electron chi connectivity index (χ1n) is 14.6. The van der Waals surface area contributed by atoms with Crippen LogP contribution >= 0.6 is 0 Å². The maximum Gasteiger partial charge on any atom is 1.00 e. The Morgan fingerprint density at radius 1 is 0.532 bits per heavy atom. The molecule has 0 aliphatic heterocycles. The van der Waals surface area contributed by atoms with Gasteiger partial charge < -0.3 is 35.1 Å². The fourth-order valence-electron chi connectivity index (χ4n) is 4.83. The molecule has 5 rings (SSSR count). The molecule has 298 valence electrons. The summed E-state index contributed by atoms with van der Waals surface area (Å²) >= 11 is 0. The number of sulfonamides is 1. The maximum absolute atomic E-state index is 13.9. The van der Waals surface area contributed by atoms with Crippen LogP contribution in [0.3, 0.4) is 0 Å². The zero-order valence-electron chi connectivity index (χ0n) is 32.3. The van der Waals surface area contributed by atoms with E-state index in [-0.39, 0.29) is 159 Å². The third kappa shape index (κ3) is 14.2. The average Bonchev–Trinajstić information content (AvgIpc) is 3.09. The summed E-state index contributed by atoms with van der Waals surface area (Å²) < 4.78 is 131. The molecule has 0 fully saturated rings.